The molecule has 0 spiro atoms. The van der Waals surface area contributed by atoms with Gasteiger partial charge in [0.25, 0.3) is 0 Å². The molecule has 0 aliphatic heterocycles. The maximum atomic E-state index is 4.44. The number of hydrogen-bond acceptors (Lipinski definition) is 6. The number of nitrogens with one attached hydrogen (secondary N) is 2. The summed E-state index contributed by atoms with van der Waals surface area (Å²) in [5, 5.41) is 9.68. The Morgan fingerprint density at radius 3 is 2.63 bits per heavy atom. The van der Waals surface area contributed by atoms with E-state index in [1.54, 1.807) is 11.3 Å². The van der Waals surface area contributed by atoms with E-state index in [0.717, 1.165) is 41.7 Å². The third-order valence-corrected chi connectivity index (χ3v) is 3.53. The van der Waals surface area contributed by atoms with Crippen LogP contribution in [0.2, 0.25) is 0 Å². The maximum absolute atomic E-state index is 4.44. The van der Waals surface area contributed by atoms with E-state index in [-0.39, 0.29) is 0 Å². The number of thiazole rings is 1. The summed E-state index contributed by atoms with van der Waals surface area (Å²) in [7, 11) is 0. The Kier molecular flexibility index (Phi) is 4.68. The third-order valence-electron chi connectivity index (χ3n) is 2.50. The van der Waals surface area contributed by atoms with Crippen molar-refractivity contribution < 1.29 is 0 Å². The Labute approximate surface area is 117 Å². The Hall–Kier alpha value is -1.69. The number of aromatic nitrogens is 3. The highest BCUT2D eigenvalue weighted by molar-refractivity contribution is 7.09. The number of rotatable bonds is 6. The molecular weight excluding hydrogens is 258 g/mol. The van der Waals surface area contributed by atoms with Gasteiger partial charge in [-0.05, 0) is 20.8 Å². The van der Waals surface area contributed by atoms with Gasteiger partial charge in [-0.25, -0.2) is 9.97 Å². The van der Waals surface area contributed by atoms with Gasteiger partial charge in [-0.1, -0.05) is 0 Å². The lowest BCUT2D eigenvalue weighted by Gasteiger charge is -2.08. The average molecular weight is 277 g/mol. The van der Waals surface area contributed by atoms with Crippen molar-refractivity contribution in [3.63, 3.8) is 0 Å². The Balaban J connectivity index is 1.91. The molecule has 102 valence electrons. The number of aryl methyl sites for hydroxylation is 2. The molecule has 5 nitrogen and oxygen atoms in total. The van der Waals surface area contributed by atoms with Crippen LogP contribution in [-0.4, -0.2) is 28.0 Å². The molecule has 19 heavy (non-hydrogen) atoms. The van der Waals surface area contributed by atoms with Gasteiger partial charge in [0.05, 0.1) is 5.01 Å². The van der Waals surface area contributed by atoms with Crippen molar-refractivity contribution in [2.75, 3.05) is 23.7 Å². The standard InChI is InChI=1S/C13H19N5S/c1-4-14-13-17-9(2)7-11(18-13)15-6-5-12-16-10(3)8-19-12/h7-8H,4-6H2,1-3H3,(H2,14,15,17,18). The molecule has 0 radical (unpaired) electrons. The van der Waals surface area contributed by atoms with Crippen LogP contribution in [0.15, 0.2) is 11.4 Å². The van der Waals surface area contributed by atoms with Crippen LogP contribution in [0, 0.1) is 13.8 Å². The molecule has 0 saturated heterocycles. The van der Waals surface area contributed by atoms with Crippen LogP contribution in [0.3, 0.4) is 0 Å². The Bertz CT molecular complexity index is 538. The van der Waals surface area contributed by atoms with E-state index >= 15 is 0 Å². The molecule has 2 aromatic rings. The Morgan fingerprint density at radius 1 is 1.11 bits per heavy atom. The van der Waals surface area contributed by atoms with Gasteiger partial charge in [0.15, 0.2) is 0 Å². The largest absolute Gasteiger partial charge is 0.369 e. The quantitative estimate of drug-likeness (QED) is 0.850. The second kappa shape index (κ2) is 6.47. The molecule has 0 saturated carbocycles. The van der Waals surface area contributed by atoms with Crippen LogP contribution in [0.4, 0.5) is 11.8 Å². The fraction of sp³-hybridized carbons (Fsp3) is 0.462. The fourth-order valence-electron chi connectivity index (χ4n) is 1.71. The molecule has 0 fully saturated rings. The zero-order valence-corrected chi connectivity index (χ0v) is 12.3. The minimum absolute atomic E-state index is 0.676. The first-order valence-electron chi connectivity index (χ1n) is 6.42. The summed E-state index contributed by atoms with van der Waals surface area (Å²) in [5.41, 5.74) is 2.05. The molecule has 2 heterocycles. The second-order valence-corrected chi connectivity index (χ2v) is 5.25. The summed E-state index contributed by atoms with van der Waals surface area (Å²) in [4.78, 5) is 13.2. The van der Waals surface area contributed by atoms with E-state index in [9.17, 15) is 0 Å². The van der Waals surface area contributed by atoms with E-state index in [2.05, 4.69) is 31.0 Å². The first-order chi connectivity index (χ1) is 9.17. The molecule has 0 bridgehead atoms. The molecule has 0 atom stereocenters. The summed E-state index contributed by atoms with van der Waals surface area (Å²) >= 11 is 1.70. The van der Waals surface area contributed by atoms with Crippen LogP contribution in [-0.2, 0) is 6.42 Å². The van der Waals surface area contributed by atoms with Gasteiger partial charge >= 0.3 is 0 Å². The number of hydrogen-bond donors (Lipinski definition) is 2. The normalized spacial score (nSPS) is 10.5. The van der Waals surface area contributed by atoms with Crippen molar-refractivity contribution >= 4 is 23.1 Å². The summed E-state index contributed by atoms with van der Waals surface area (Å²) in [5.74, 6) is 1.53. The zero-order chi connectivity index (χ0) is 13.7. The summed E-state index contributed by atoms with van der Waals surface area (Å²) in [6, 6.07) is 1.95. The van der Waals surface area contributed by atoms with Crippen LogP contribution >= 0.6 is 11.3 Å². The van der Waals surface area contributed by atoms with E-state index in [4.69, 9.17) is 0 Å². The molecule has 0 aliphatic rings. The zero-order valence-electron chi connectivity index (χ0n) is 11.5. The lowest BCUT2D eigenvalue weighted by Crippen LogP contribution is -2.09. The molecule has 2 aromatic heterocycles. The van der Waals surface area contributed by atoms with Crippen molar-refractivity contribution in [3.05, 3.63) is 27.8 Å². The van der Waals surface area contributed by atoms with Gasteiger partial charge in [0, 0.05) is 42.3 Å². The summed E-state index contributed by atoms with van der Waals surface area (Å²) in [6.07, 6.45) is 0.915. The van der Waals surface area contributed by atoms with Crippen LogP contribution in [0.1, 0.15) is 23.3 Å². The van der Waals surface area contributed by atoms with Crippen molar-refractivity contribution in [2.45, 2.75) is 27.2 Å². The van der Waals surface area contributed by atoms with Crippen LogP contribution in [0.25, 0.3) is 0 Å². The Morgan fingerprint density at radius 2 is 1.95 bits per heavy atom. The van der Waals surface area contributed by atoms with Gasteiger partial charge in [-0.2, -0.15) is 4.98 Å². The fourth-order valence-corrected chi connectivity index (χ4v) is 2.49. The lowest BCUT2D eigenvalue weighted by atomic mass is 10.4. The van der Waals surface area contributed by atoms with Gasteiger partial charge in [0.2, 0.25) is 5.95 Å². The number of anilines is 2. The maximum Gasteiger partial charge on any atom is 0.224 e. The van der Waals surface area contributed by atoms with E-state index in [0.29, 0.717) is 5.95 Å². The highest BCUT2D eigenvalue weighted by Crippen LogP contribution is 2.11. The van der Waals surface area contributed by atoms with Gasteiger partial charge in [-0.15, -0.1) is 11.3 Å². The second-order valence-electron chi connectivity index (χ2n) is 4.31. The minimum atomic E-state index is 0.676. The predicted molar refractivity (Wildman–Crippen MR) is 80.0 cm³/mol. The van der Waals surface area contributed by atoms with Crippen molar-refractivity contribution in [1.82, 2.24) is 15.0 Å². The van der Waals surface area contributed by atoms with Crippen LogP contribution in [0.5, 0.6) is 0 Å². The van der Waals surface area contributed by atoms with E-state index in [1.165, 1.54) is 0 Å². The molecule has 2 N–H and O–H groups in total. The van der Waals surface area contributed by atoms with E-state index < -0.39 is 0 Å². The molecule has 0 unspecified atom stereocenters. The first kappa shape index (κ1) is 13.7. The summed E-state index contributed by atoms with van der Waals surface area (Å²) < 4.78 is 0. The lowest BCUT2D eigenvalue weighted by molar-refractivity contribution is 0.967. The minimum Gasteiger partial charge on any atom is -0.369 e. The number of nitrogens with zero attached hydrogens (tertiary/aromatic N) is 3. The molecule has 6 heteroatoms. The highest BCUT2D eigenvalue weighted by atomic mass is 32.1. The molecular formula is C13H19N5S. The summed E-state index contributed by atoms with van der Waals surface area (Å²) in [6.45, 7) is 7.67. The van der Waals surface area contributed by atoms with Gasteiger partial charge < -0.3 is 10.6 Å². The molecule has 0 amide bonds. The SMILES string of the molecule is CCNc1nc(C)cc(NCCc2nc(C)cs2)n1. The average Bonchev–Trinajstić information content (AvgIpc) is 2.75. The predicted octanol–water partition coefficient (Wildman–Crippen LogP) is 2.64. The molecule has 2 rings (SSSR count). The molecule has 0 aromatic carbocycles. The van der Waals surface area contributed by atoms with Crippen LogP contribution < -0.4 is 10.6 Å². The smallest absolute Gasteiger partial charge is 0.224 e. The highest BCUT2D eigenvalue weighted by Gasteiger charge is 2.02. The first-order valence-corrected chi connectivity index (χ1v) is 7.29. The van der Waals surface area contributed by atoms with Gasteiger partial charge in [-0.3, -0.25) is 0 Å². The topological polar surface area (TPSA) is 62.7 Å². The third kappa shape index (κ3) is 4.17. The van der Waals surface area contributed by atoms with Crippen molar-refractivity contribution in [3.8, 4) is 0 Å². The van der Waals surface area contributed by atoms with Crippen molar-refractivity contribution in [2.24, 2.45) is 0 Å². The van der Waals surface area contributed by atoms with Crippen molar-refractivity contribution in [1.29, 1.82) is 0 Å². The monoisotopic (exact) mass is 277 g/mol. The molecule has 0 aliphatic carbocycles. The van der Waals surface area contributed by atoms with Gasteiger partial charge in [0.1, 0.15) is 5.82 Å². The van der Waals surface area contributed by atoms with E-state index in [1.807, 2.05) is 26.8 Å².